The average Bonchev–Trinajstić information content (AvgIpc) is 2.42. The van der Waals surface area contributed by atoms with Gasteiger partial charge in [-0.2, -0.15) is 0 Å². The molecule has 7 heteroatoms. The van der Waals surface area contributed by atoms with Gasteiger partial charge in [-0.1, -0.05) is 40.9 Å². The van der Waals surface area contributed by atoms with Crippen LogP contribution in [-0.2, 0) is 9.59 Å². The average molecular weight is 349 g/mol. The standard InChI is InChI=1S/C14H12Cl3NO3/c15-7-1-3-9(14(20)21)10(5-7)13(19)18-12-6-8(16)2-4-11(12)17/h1-2,4,6,9-10H,3,5H2,(H,18,19)(H,20,21)/t9-,10+/m0/s1. The number of rotatable bonds is 3. The Hall–Kier alpha value is -1.23. The van der Waals surface area contributed by atoms with Crippen LogP contribution in [0, 0.1) is 11.8 Å². The lowest BCUT2D eigenvalue weighted by Gasteiger charge is -2.26. The molecule has 0 spiro atoms. The Labute approximate surface area is 136 Å². The van der Waals surface area contributed by atoms with E-state index >= 15 is 0 Å². The van der Waals surface area contributed by atoms with Gasteiger partial charge in [-0.25, -0.2) is 0 Å². The highest BCUT2D eigenvalue weighted by Gasteiger charge is 2.36. The number of anilines is 1. The molecule has 4 nitrogen and oxygen atoms in total. The molecule has 0 aromatic heterocycles. The van der Waals surface area contributed by atoms with Crippen LogP contribution < -0.4 is 5.32 Å². The maximum atomic E-state index is 12.3. The second kappa shape index (κ2) is 6.69. The van der Waals surface area contributed by atoms with E-state index in [9.17, 15) is 14.7 Å². The quantitative estimate of drug-likeness (QED) is 0.861. The minimum absolute atomic E-state index is 0.197. The van der Waals surface area contributed by atoms with Crippen molar-refractivity contribution in [3.8, 4) is 0 Å². The monoisotopic (exact) mass is 347 g/mol. The number of aliphatic carboxylic acids is 1. The summed E-state index contributed by atoms with van der Waals surface area (Å²) in [5.74, 6) is -2.99. The van der Waals surface area contributed by atoms with Crippen molar-refractivity contribution in [3.05, 3.63) is 39.4 Å². The van der Waals surface area contributed by atoms with Gasteiger partial charge in [0.1, 0.15) is 0 Å². The van der Waals surface area contributed by atoms with Crippen molar-refractivity contribution in [1.82, 2.24) is 0 Å². The van der Waals surface area contributed by atoms with Crippen LogP contribution in [0.3, 0.4) is 0 Å². The molecule has 0 fully saturated rings. The van der Waals surface area contributed by atoms with Gasteiger partial charge in [0.25, 0.3) is 0 Å². The predicted molar refractivity (Wildman–Crippen MR) is 82.9 cm³/mol. The minimum atomic E-state index is -1.02. The predicted octanol–water partition coefficient (Wildman–Crippen LogP) is 4.17. The number of carboxylic acid groups (broad SMARTS) is 1. The lowest BCUT2D eigenvalue weighted by molar-refractivity contribution is -0.146. The van der Waals surface area contributed by atoms with Crippen molar-refractivity contribution in [2.45, 2.75) is 12.8 Å². The van der Waals surface area contributed by atoms with E-state index in [0.717, 1.165) is 0 Å². The molecule has 0 saturated carbocycles. The number of carbonyl (C=O) groups is 2. The number of carbonyl (C=O) groups excluding carboxylic acids is 1. The Morgan fingerprint density at radius 2 is 1.90 bits per heavy atom. The molecule has 0 radical (unpaired) electrons. The maximum absolute atomic E-state index is 12.3. The van der Waals surface area contributed by atoms with Gasteiger partial charge >= 0.3 is 5.97 Å². The second-order valence-electron chi connectivity index (χ2n) is 4.76. The highest BCUT2D eigenvalue weighted by Crippen LogP contribution is 2.34. The number of nitrogens with one attached hydrogen (secondary N) is 1. The minimum Gasteiger partial charge on any atom is -0.481 e. The van der Waals surface area contributed by atoms with E-state index in [2.05, 4.69) is 5.32 Å². The first-order chi connectivity index (χ1) is 9.88. The van der Waals surface area contributed by atoms with E-state index < -0.39 is 23.7 Å². The molecular formula is C14H12Cl3NO3. The molecule has 1 aromatic rings. The molecule has 2 N–H and O–H groups in total. The summed E-state index contributed by atoms with van der Waals surface area (Å²) in [4.78, 5) is 23.6. The van der Waals surface area contributed by atoms with Gasteiger partial charge < -0.3 is 10.4 Å². The molecular weight excluding hydrogens is 337 g/mol. The Balaban J connectivity index is 2.20. The van der Waals surface area contributed by atoms with Crippen LogP contribution in [0.5, 0.6) is 0 Å². The smallest absolute Gasteiger partial charge is 0.307 e. The summed E-state index contributed by atoms with van der Waals surface area (Å²) >= 11 is 17.8. The first-order valence-corrected chi connectivity index (χ1v) is 7.35. The molecule has 2 atom stereocenters. The van der Waals surface area contributed by atoms with Crippen LogP contribution in [0.15, 0.2) is 29.3 Å². The highest BCUT2D eigenvalue weighted by molar-refractivity contribution is 6.35. The third-order valence-electron chi connectivity index (χ3n) is 3.33. The molecule has 1 amide bonds. The number of carboxylic acids is 1. The number of halogens is 3. The zero-order valence-electron chi connectivity index (χ0n) is 10.8. The second-order valence-corrected chi connectivity index (χ2v) is 6.08. The molecule has 0 aliphatic heterocycles. The van der Waals surface area contributed by atoms with Crippen LogP contribution in [0.2, 0.25) is 10.0 Å². The largest absolute Gasteiger partial charge is 0.481 e. The third-order valence-corrected chi connectivity index (χ3v) is 4.21. The van der Waals surface area contributed by atoms with Gasteiger partial charge in [-0.3, -0.25) is 9.59 Å². The Morgan fingerprint density at radius 3 is 2.57 bits per heavy atom. The third kappa shape index (κ3) is 3.90. The summed E-state index contributed by atoms with van der Waals surface area (Å²) in [5.41, 5.74) is 0.351. The summed E-state index contributed by atoms with van der Waals surface area (Å²) in [6.45, 7) is 0. The topological polar surface area (TPSA) is 66.4 Å². The number of amides is 1. The van der Waals surface area contributed by atoms with Crippen molar-refractivity contribution in [1.29, 1.82) is 0 Å². The Morgan fingerprint density at radius 1 is 1.19 bits per heavy atom. The summed E-state index contributed by atoms with van der Waals surface area (Å²) < 4.78 is 0. The molecule has 0 saturated heterocycles. The number of hydrogen-bond acceptors (Lipinski definition) is 2. The first kappa shape index (κ1) is 16.1. The molecule has 0 bridgehead atoms. The molecule has 112 valence electrons. The van der Waals surface area contributed by atoms with Gasteiger partial charge in [-0.05, 0) is 31.0 Å². The van der Waals surface area contributed by atoms with Crippen LogP contribution >= 0.6 is 34.8 Å². The van der Waals surface area contributed by atoms with Gasteiger partial charge in [0, 0.05) is 10.1 Å². The number of benzene rings is 1. The van der Waals surface area contributed by atoms with Gasteiger partial charge in [-0.15, -0.1) is 0 Å². The lowest BCUT2D eigenvalue weighted by atomic mass is 9.82. The Kier molecular flexibility index (Phi) is 5.14. The van der Waals surface area contributed by atoms with E-state index in [0.29, 0.717) is 20.8 Å². The fourth-order valence-electron chi connectivity index (χ4n) is 2.22. The zero-order valence-corrected chi connectivity index (χ0v) is 13.0. The molecule has 21 heavy (non-hydrogen) atoms. The fraction of sp³-hybridized carbons (Fsp3) is 0.286. The van der Waals surface area contributed by atoms with Gasteiger partial charge in [0.05, 0.1) is 22.5 Å². The summed E-state index contributed by atoms with van der Waals surface area (Å²) in [7, 11) is 0. The molecule has 1 aliphatic rings. The summed E-state index contributed by atoms with van der Waals surface area (Å²) in [5, 5.41) is 13.1. The van der Waals surface area contributed by atoms with Crippen molar-refractivity contribution < 1.29 is 14.7 Å². The molecule has 2 rings (SSSR count). The number of hydrogen-bond donors (Lipinski definition) is 2. The van der Waals surface area contributed by atoms with Crippen molar-refractivity contribution >= 4 is 52.4 Å². The van der Waals surface area contributed by atoms with Gasteiger partial charge in [0.15, 0.2) is 0 Å². The maximum Gasteiger partial charge on any atom is 0.307 e. The van der Waals surface area contributed by atoms with E-state index in [1.54, 1.807) is 18.2 Å². The normalized spacial score (nSPS) is 21.6. The lowest BCUT2D eigenvalue weighted by Crippen LogP contribution is -2.35. The SMILES string of the molecule is O=C(O)[C@H]1CC=C(Cl)C[C@H]1C(=O)Nc1cc(Cl)ccc1Cl. The summed E-state index contributed by atoms with van der Waals surface area (Å²) in [6.07, 6.45) is 2.06. The Bertz CT molecular complexity index is 615. The van der Waals surface area contributed by atoms with Crippen LogP contribution in [-0.4, -0.2) is 17.0 Å². The van der Waals surface area contributed by atoms with Crippen molar-refractivity contribution in [3.63, 3.8) is 0 Å². The van der Waals surface area contributed by atoms with Crippen LogP contribution in [0.1, 0.15) is 12.8 Å². The van der Waals surface area contributed by atoms with E-state index in [1.165, 1.54) is 6.07 Å². The molecule has 1 aromatic carbocycles. The first-order valence-electron chi connectivity index (χ1n) is 6.21. The summed E-state index contributed by atoms with van der Waals surface area (Å²) in [6, 6.07) is 4.67. The number of allylic oxidation sites excluding steroid dienone is 2. The van der Waals surface area contributed by atoms with Crippen LogP contribution in [0.25, 0.3) is 0 Å². The van der Waals surface area contributed by atoms with Crippen LogP contribution in [0.4, 0.5) is 5.69 Å². The van der Waals surface area contributed by atoms with E-state index in [4.69, 9.17) is 34.8 Å². The fourth-order valence-corrected chi connectivity index (χ4v) is 2.81. The highest BCUT2D eigenvalue weighted by atomic mass is 35.5. The molecule has 0 heterocycles. The molecule has 1 aliphatic carbocycles. The molecule has 0 unspecified atom stereocenters. The van der Waals surface area contributed by atoms with E-state index in [1.807, 2.05) is 0 Å². The zero-order chi connectivity index (χ0) is 15.6. The van der Waals surface area contributed by atoms with Gasteiger partial charge in [0.2, 0.25) is 5.91 Å². The van der Waals surface area contributed by atoms with Crippen molar-refractivity contribution in [2.24, 2.45) is 11.8 Å². The van der Waals surface area contributed by atoms with E-state index in [-0.39, 0.29) is 12.8 Å². The van der Waals surface area contributed by atoms with Crippen molar-refractivity contribution in [2.75, 3.05) is 5.32 Å².